The average molecular weight is 235 g/mol. The van der Waals surface area contributed by atoms with Gasteiger partial charge in [0.25, 0.3) is 0 Å². The van der Waals surface area contributed by atoms with Crippen LogP contribution < -0.4 is 5.73 Å². The minimum atomic E-state index is 0. The molecule has 1 aromatic heterocycles. The predicted octanol–water partition coefficient (Wildman–Crippen LogP) is 2.65. The van der Waals surface area contributed by atoms with Gasteiger partial charge in [0.05, 0.1) is 0 Å². The number of nitrogens with two attached hydrogens (primary N) is 1. The van der Waals surface area contributed by atoms with Crippen LogP contribution in [0, 0.1) is 0 Å². The third kappa shape index (κ3) is 2.59. The van der Waals surface area contributed by atoms with E-state index in [1.54, 1.807) is 0 Å². The summed E-state index contributed by atoms with van der Waals surface area (Å²) >= 11 is 0. The van der Waals surface area contributed by atoms with E-state index in [0.29, 0.717) is 12.5 Å². The molecule has 1 aliphatic carbocycles. The lowest BCUT2D eigenvalue weighted by atomic mass is 9.81. The predicted molar refractivity (Wildman–Crippen MR) is 63.2 cm³/mol. The molecule has 0 bridgehead atoms. The van der Waals surface area contributed by atoms with Gasteiger partial charge in [-0.3, -0.25) is 4.98 Å². The Kier molecular flexibility index (Phi) is 6.09. The van der Waals surface area contributed by atoms with Crippen molar-refractivity contribution in [2.24, 2.45) is 5.73 Å². The summed E-state index contributed by atoms with van der Waals surface area (Å²) in [5, 5.41) is 0. The number of pyridine rings is 1. The van der Waals surface area contributed by atoms with Gasteiger partial charge in [-0.15, -0.1) is 24.8 Å². The van der Waals surface area contributed by atoms with E-state index >= 15 is 0 Å². The highest BCUT2D eigenvalue weighted by atomic mass is 35.5. The zero-order chi connectivity index (χ0) is 8.39. The maximum Gasteiger partial charge on any atom is 0.0479 e. The molecule has 0 atom stereocenters. The van der Waals surface area contributed by atoms with Crippen molar-refractivity contribution in [2.45, 2.75) is 31.7 Å². The largest absolute Gasteiger partial charge is 0.326 e. The van der Waals surface area contributed by atoms with Gasteiger partial charge in [0, 0.05) is 24.4 Å². The molecule has 0 aromatic carbocycles. The molecule has 0 amide bonds. The summed E-state index contributed by atoms with van der Waals surface area (Å²) in [6.45, 7) is 0.625. The fourth-order valence-electron chi connectivity index (χ4n) is 1.67. The lowest BCUT2D eigenvalue weighted by molar-refractivity contribution is 0.408. The number of rotatable bonds is 2. The Labute approximate surface area is 97.1 Å². The Morgan fingerprint density at radius 3 is 2.57 bits per heavy atom. The molecular weight excluding hydrogens is 219 g/mol. The summed E-state index contributed by atoms with van der Waals surface area (Å²) in [7, 11) is 0. The lowest BCUT2D eigenvalue weighted by Gasteiger charge is -2.26. The number of halogens is 2. The first-order valence-corrected chi connectivity index (χ1v) is 4.55. The second-order valence-corrected chi connectivity index (χ2v) is 3.38. The molecule has 2 nitrogen and oxygen atoms in total. The molecule has 1 fully saturated rings. The molecule has 0 aliphatic heterocycles. The van der Waals surface area contributed by atoms with Crippen molar-refractivity contribution in [3.8, 4) is 0 Å². The monoisotopic (exact) mass is 234 g/mol. The zero-order valence-electron chi connectivity index (χ0n) is 7.98. The summed E-state index contributed by atoms with van der Waals surface area (Å²) in [6, 6.07) is 4.05. The maximum absolute atomic E-state index is 5.63. The molecule has 2 rings (SSSR count). The molecule has 14 heavy (non-hydrogen) atoms. The summed E-state index contributed by atoms with van der Waals surface area (Å²) in [5.41, 5.74) is 8.09. The number of hydrogen-bond acceptors (Lipinski definition) is 2. The van der Waals surface area contributed by atoms with Gasteiger partial charge in [-0.25, -0.2) is 0 Å². The van der Waals surface area contributed by atoms with E-state index in [1.165, 1.54) is 30.5 Å². The second-order valence-electron chi connectivity index (χ2n) is 3.38. The third-order valence-corrected chi connectivity index (χ3v) is 2.64. The topological polar surface area (TPSA) is 38.9 Å². The Hall–Kier alpha value is -0.310. The van der Waals surface area contributed by atoms with Gasteiger partial charge in [0.15, 0.2) is 0 Å². The van der Waals surface area contributed by atoms with Crippen LogP contribution in [0.5, 0.6) is 0 Å². The van der Waals surface area contributed by atoms with Crippen LogP contribution in [0.3, 0.4) is 0 Å². The van der Waals surface area contributed by atoms with Crippen molar-refractivity contribution < 1.29 is 0 Å². The van der Waals surface area contributed by atoms with Crippen LogP contribution in [-0.4, -0.2) is 4.98 Å². The van der Waals surface area contributed by atoms with E-state index in [-0.39, 0.29) is 24.8 Å². The highest BCUT2D eigenvalue weighted by molar-refractivity contribution is 5.85. The standard InChI is InChI=1S/C10H14N2.2ClH/c11-7-9-5-2-6-12-10(9)8-3-1-4-8;;/h2,5-6,8H,1,3-4,7,11H2;2*1H. The van der Waals surface area contributed by atoms with Crippen molar-refractivity contribution in [1.82, 2.24) is 4.98 Å². The summed E-state index contributed by atoms with van der Waals surface area (Å²) < 4.78 is 0. The molecule has 1 aromatic rings. The molecule has 1 saturated carbocycles. The van der Waals surface area contributed by atoms with Crippen molar-refractivity contribution in [3.63, 3.8) is 0 Å². The molecule has 4 heteroatoms. The van der Waals surface area contributed by atoms with Gasteiger partial charge < -0.3 is 5.73 Å². The number of nitrogens with zero attached hydrogens (tertiary/aromatic N) is 1. The average Bonchev–Trinajstić information content (AvgIpc) is 2.02. The third-order valence-electron chi connectivity index (χ3n) is 2.64. The quantitative estimate of drug-likeness (QED) is 0.855. The minimum absolute atomic E-state index is 0. The summed E-state index contributed by atoms with van der Waals surface area (Å²) in [6.07, 6.45) is 5.81. The van der Waals surface area contributed by atoms with Crippen LogP contribution in [-0.2, 0) is 6.54 Å². The van der Waals surface area contributed by atoms with E-state index < -0.39 is 0 Å². The van der Waals surface area contributed by atoms with Gasteiger partial charge in [-0.2, -0.15) is 0 Å². The van der Waals surface area contributed by atoms with Crippen LogP contribution in [0.1, 0.15) is 36.4 Å². The molecule has 2 N–H and O–H groups in total. The maximum atomic E-state index is 5.63. The van der Waals surface area contributed by atoms with Gasteiger partial charge in [0.2, 0.25) is 0 Å². The molecule has 1 heterocycles. The smallest absolute Gasteiger partial charge is 0.0479 e. The van der Waals surface area contributed by atoms with Gasteiger partial charge in [-0.1, -0.05) is 12.5 Å². The second kappa shape index (κ2) is 6.23. The van der Waals surface area contributed by atoms with Gasteiger partial charge >= 0.3 is 0 Å². The first-order valence-electron chi connectivity index (χ1n) is 4.55. The van der Waals surface area contributed by atoms with Crippen LogP contribution in [0.4, 0.5) is 0 Å². The van der Waals surface area contributed by atoms with E-state index in [9.17, 15) is 0 Å². The summed E-state index contributed by atoms with van der Waals surface area (Å²) in [4.78, 5) is 4.39. The van der Waals surface area contributed by atoms with Crippen molar-refractivity contribution in [2.75, 3.05) is 0 Å². The summed E-state index contributed by atoms with van der Waals surface area (Å²) in [5.74, 6) is 0.699. The first kappa shape index (κ1) is 13.7. The van der Waals surface area contributed by atoms with Gasteiger partial charge in [0.1, 0.15) is 0 Å². The Balaban J connectivity index is 0.000000845. The molecule has 1 aliphatic rings. The van der Waals surface area contributed by atoms with Crippen molar-refractivity contribution in [1.29, 1.82) is 0 Å². The Morgan fingerprint density at radius 1 is 1.36 bits per heavy atom. The van der Waals surface area contributed by atoms with Crippen LogP contribution in [0.15, 0.2) is 18.3 Å². The Morgan fingerprint density at radius 2 is 2.07 bits per heavy atom. The normalized spacial score (nSPS) is 14.9. The van der Waals surface area contributed by atoms with E-state index in [2.05, 4.69) is 11.1 Å². The van der Waals surface area contributed by atoms with Crippen molar-refractivity contribution >= 4 is 24.8 Å². The highest BCUT2D eigenvalue weighted by Gasteiger charge is 2.22. The zero-order valence-corrected chi connectivity index (χ0v) is 9.61. The van der Waals surface area contributed by atoms with Crippen LogP contribution in [0.25, 0.3) is 0 Å². The fourth-order valence-corrected chi connectivity index (χ4v) is 1.67. The van der Waals surface area contributed by atoms with Gasteiger partial charge in [-0.05, 0) is 24.5 Å². The van der Waals surface area contributed by atoms with E-state index in [4.69, 9.17) is 5.73 Å². The Bertz CT molecular complexity index is 275. The SMILES string of the molecule is Cl.Cl.NCc1cccnc1C1CCC1. The molecule has 0 spiro atoms. The number of hydrogen-bond donors (Lipinski definition) is 1. The molecule has 0 saturated heterocycles. The van der Waals surface area contributed by atoms with Crippen molar-refractivity contribution in [3.05, 3.63) is 29.6 Å². The number of aromatic nitrogens is 1. The molecular formula is C10H16Cl2N2. The van der Waals surface area contributed by atoms with E-state index in [0.717, 1.165) is 0 Å². The highest BCUT2D eigenvalue weighted by Crippen LogP contribution is 2.36. The molecule has 0 radical (unpaired) electrons. The van der Waals surface area contributed by atoms with E-state index in [1.807, 2.05) is 12.3 Å². The van der Waals surface area contributed by atoms with Crippen LogP contribution in [0.2, 0.25) is 0 Å². The lowest BCUT2D eigenvalue weighted by Crippen LogP contribution is -2.14. The minimum Gasteiger partial charge on any atom is -0.326 e. The first-order chi connectivity index (χ1) is 5.92. The molecule has 80 valence electrons. The molecule has 0 unspecified atom stereocenters. The fraction of sp³-hybridized carbons (Fsp3) is 0.500. The van der Waals surface area contributed by atoms with Crippen LogP contribution >= 0.6 is 24.8 Å².